The third kappa shape index (κ3) is 2.37. The molecular weight excluding hydrogens is 218 g/mol. The van der Waals surface area contributed by atoms with E-state index in [4.69, 9.17) is 21.4 Å². The van der Waals surface area contributed by atoms with E-state index in [9.17, 15) is 0 Å². The Labute approximate surface area is 92.7 Å². The van der Waals surface area contributed by atoms with Crippen LogP contribution in [0.5, 0.6) is 0 Å². The van der Waals surface area contributed by atoms with Crippen LogP contribution in [0.25, 0.3) is 0 Å². The van der Waals surface area contributed by atoms with Crippen molar-refractivity contribution in [3.05, 3.63) is 16.9 Å². The number of rotatable bonds is 2. The van der Waals surface area contributed by atoms with Gasteiger partial charge in [0.15, 0.2) is 0 Å². The van der Waals surface area contributed by atoms with Crippen LogP contribution in [0.4, 0.5) is 5.95 Å². The second-order valence-electron chi connectivity index (χ2n) is 3.22. The summed E-state index contributed by atoms with van der Waals surface area (Å²) < 4.78 is 5.23. The highest BCUT2D eigenvalue weighted by atomic mass is 35.5. The van der Waals surface area contributed by atoms with Gasteiger partial charge in [-0.15, -0.1) is 0 Å². The van der Waals surface area contributed by atoms with E-state index in [1.54, 1.807) is 0 Å². The van der Waals surface area contributed by atoms with E-state index in [0.29, 0.717) is 29.9 Å². The van der Waals surface area contributed by atoms with Gasteiger partial charge in [-0.1, -0.05) is 11.6 Å². The van der Waals surface area contributed by atoms with Crippen LogP contribution in [0.1, 0.15) is 5.69 Å². The maximum absolute atomic E-state index is 9.02. The number of aromatic nitrogens is 2. The fourth-order valence-corrected chi connectivity index (χ4v) is 1.57. The molecule has 1 N–H and O–H groups in total. The molecule has 1 aliphatic heterocycles. The van der Waals surface area contributed by atoms with Crippen LogP contribution in [0.3, 0.4) is 0 Å². The van der Waals surface area contributed by atoms with Gasteiger partial charge in [-0.25, -0.2) is 9.97 Å². The molecule has 1 fully saturated rings. The van der Waals surface area contributed by atoms with Crippen molar-refractivity contribution in [2.75, 3.05) is 31.2 Å². The minimum absolute atomic E-state index is 0.168. The lowest BCUT2D eigenvalue weighted by Crippen LogP contribution is -2.37. The number of aliphatic hydroxyl groups excluding tert-OH is 1. The molecule has 2 heterocycles. The van der Waals surface area contributed by atoms with Crippen LogP contribution in [-0.4, -0.2) is 41.4 Å². The van der Waals surface area contributed by atoms with Gasteiger partial charge in [0.25, 0.3) is 0 Å². The molecule has 0 spiro atoms. The summed E-state index contributed by atoms with van der Waals surface area (Å²) in [6.07, 6.45) is 1.52. The highest BCUT2D eigenvalue weighted by Gasteiger charge is 2.14. The molecule has 1 aromatic rings. The van der Waals surface area contributed by atoms with Gasteiger partial charge < -0.3 is 14.7 Å². The van der Waals surface area contributed by atoms with Crippen molar-refractivity contribution in [1.82, 2.24) is 9.97 Å². The zero-order chi connectivity index (χ0) is 10.7. The number of morpholine rings is 1. The minimum atomic E-state index is -0.168. The molecule has 0 radical (unpaired) electrons. The number of hydrogen-bond donors (Lipinski definition) is 1. The number of ether oxygens (including phenoxy) is 1. The van der Waals surface area contributed by atoms with Gasteiger partial charge in [-0.2, -0.15) is 0 Å². The van der Waals surface area contributed by atoms with E-state index in [1.807, 2.05) is 4.90 Å². The van der Waals surface area contributed by atoms with E-state index in [1.165, 1.54) is 6.20 Å². The Kier molecular flexibility index (Phi) is 3.35. The molecule has 0 atom stereocenters. The molecule has 0 amide bonds. The summed E-state index contributed by atoms with van der Waals surface area (Å²) in [6.45, 7) is 2.73. The molecule has 0 aliphatic carbocycles. The second-order valence-corrected chi connectivity index (χ2v) is 3.63. The predicted molar refractivity (Wildman–Crippen MR) is 56.0 cm³/mol. The fraction of sp³-hybridized carbons (Fsp3) is 0.556. The van der Waals surface area contributed by atoms with Gasteiger partial charge in [0.2, 0.25) is 5.95 Å². The molecule has 0 aromatic carbocycles. The maximum atomic E-state index is 9.02. The summed E-state index contributed by atoms with van der Waals surface area (Å²) >= 11 is 5.81. The Bertz CT molecular complexity index is 342. The van der Waals surface area contributed by atoms with Crippen molar-refractivity contribution in [2.24, 2.45) is 0 Å². The highest BCUT2D eigenvalue weighted by molar-refractivity contribution is 6.31. The molecule has 0 unspecified atom stereocenters. The van der Waals surface area contributed by atoms with E-state index >= 15 is 0 Å². The van der Waals surface area contributed by atoms with Gasteiger partial charge in [-0.05, 0) is 0 Å². The second kappa shape index (κ2) is 4.74. The fourth-order valence-electron chi connectivity index (χ4n) is 1.42. The summed E-state index contributed by atoms with van der Waals surface area (Å²) in [5.41, 5.74) is 0.466. The van der Waals surface area contributed by atoms with Gasteiger partial charge in [0, 0.05) is 13.1 Å². The summed E-state index contributed by atoms with van der Waals surface area (Å²) in [7, 11) is 0. The van der Waals surface area contributed by atoms with Gasteiger partial charge in [-0.3, -0.25) is 0 Å². The third-order valence-corrected chi connectivity index (χ3v) is 2.56. The van der Waals surface area contributed by atoms with Crippen LogP contribution in [-0.2, 0) is 11.3 Å². The zero-order valence-corrected chi connectivity index (χ0v) is 8.94. The maximum Gasteiger partial charge on any atom is 0.225 e. The monoisotopic (exact) mass is 229 g/mol. The quantitative estimate of drug-likeness (QED) is 0.799. The third-order valence-electron chi connectivity index (χ3n) is 2.25. The zero-order valence-electron chi connectivity index (χ0n) is 8.19. The molecule has 1 aromatic heterocycles. The van der Waals surface area contributed by atoms with Crippen molar-refractivity contribution < 1.29 is 9.84 Å². The number of aliphatic hydroxyl groups is 1. The van der Waals surface area contributed by atoms with Crippen LogP contribution in [0, 0.1) is 0 Å². The molecule has 1 aliphatic rings. The average Bonchev–Trinajstić information content (AvgIpc) is 2.31. The van der Waals surface area contributed by atoms with Gasteiger partial charge >= 0.3 is 0 Å². The van der Waals surface area contributed by atoms with E-state index in [0.717, 1.165) is 13.1 Å². The molecule has 2 rings (SSSR count). The van der Waals surface area contributed by atoms with E-state index in [-0.39, 0.29) is 6.61 Å². The molecule has 5 nitrogen and oxygen atoms in total. The molecule has 15 heavy (non-hydrogen) atoms. The van der Waals surface area contributed by atoms with Crippen LogP contribution >= 0.6 is 11.6 Å². The first-order valence-corrected chi connectivity index (χ1v) is 5.14. The summed E-state index contributed by atoms with van der Waals surface area (Å²) in [6, 6.07) is 0. The van der Waals surface area contributed by atoms with Crippen molar-refractivity contribution >= 4 is 17.5 Å². The Morgan fingerprint density at radius 2 is 2.20 bits per heavy atom. The van der Waals surface area contributed by atoms with Gasteiger partial charge in [0.1, 0.15) is 0 Å². The SMILES string of the molecule is OCc1nc(N2CCOCC2)ncc1Cl. The lowest BCUT2D eigenvalue weighted by atomic mass is 10.4. The smallest absolute Gasteiger partial charge is 0.225 e. The number of halogens is 1. The summed E-state index contributed by atoms with van der Waals surface area (Å²) in [4.78, 5) is 10.3. The molecular formula is C9H12ClN3O2. The van der Waals surface area contributed by atoms with Gasteiger partial charge in [0.05, 0.1) is 36.7 Å². The summed E-state index contributed by atoms with van der Waals surface area (Å²) in [5.74, 6) is 0.603. The normalized spacial score (nSPS) is 16.8. The molecule has 82 valence electrons. The molecule has 6 heteroatoms. The number of anilines is 1. The number of nitrogens with zero attached hydrogens (tertiary/aromatic N) is 3. The van der Waals surface area contributed by atoms with Crippen molar-refractivity contribution in [3.63, 3.8) is 0 Å². The Balaban J connectivity index is 2.20. The molecule has 0 bridgehead atoms. The highest BCUT2D eigenvalue weighted by Crippen LogP contribution is 2.16. The Morgan fingerprint density at radius 1 is 1.47 bits per heavy atom. The average molecular weight is 230 g/mol. The lowest BCUT2D eigenvalue weighted by Gasteiger charge is -2.26. The first kappa shape index (κ1) is 10.6. The van der Waals surface area contributed by atoms with Crippen LogP contribution < -0.4 is 4.90 Å². The lowest BCUT2D eigenvalue weighted by molar-refractivity contribution is 0.122. The van der Waals surface area contributed by atoms with Crippen molar-refractivity contribution in [1.29, 1.82) is 0 Å². The number of hydrogen-bond acceptors (Lipinski definition) is 5. The molecule has 0 saturated carbocycles. The Morgan fingerprint density at radius 3 is 2.87 bits per heavy atom. The van der Waals surface area contributed by atoms with Crippen molar-refractivity contribution in [3.8, 4) is 0 Å². The largest absolute Gasteiger partial charge is 0.390 e. The standard InChI is InChI=1S/C9H12ClN3O2/c10-7-5-11-9(12-8(7)6-14)13-1-3-15-4-2-13/h5,14H,1-4,6H2. The van der Waals surface area contributed by atoms with E-state index < -0.39 is 0 Å². The first-order chi connectivity index (χ1) is 7.31. The topological polar surface area (TPSA) is 58.5 Å². The van der Waals surface area contributed by atoms with Crippen molar-refractivity contribution in [2.45, 2.75) is 6.61 Å². The summed E-state index contributed by atoms with van der Waals surface area (Å²) in [5, 5.41) is 9.42. The van der Waals surface area contributed by atoms with Crippen LogP contribution in [0.15, 0.2) is 6.20 Å². The van der Waals surface area contributed by atoms with E-state index in [2.05, 4.69) is 9.97 Å². The van der Waals surface area contributed by atoms with Crippen LogP contribution in [0.2, 0.25) is 5.02 Å². The predicted octanol–water partition coefficient (Wildman–Crippen LogP) is 0.459. The molecule has 1 saturated heterocycles. The minimum Gasteiger partial charge on any atom is -0.390 e. The first-order valence-electron chi connectivity index (χ1n) is 4.76. The Hall–Kier alpha value is -0.910.